The van der Waals surface area contributed by atoms with E-state index in [2.05, 4.69) is 5.32 Å². The van der Waals surface area contributed by atoms with E-state index in [-0.39, 0.29) is 25.5 Å². The molecule has 0 bridgehead atoms. The van der Waals surface area contributed by atoms with Crippen molar-refractivity contribution in [2.75, 3.05) is 6.61 Å². The lowest BCUT2D eigenvalue weighted by molar-refractivity contribution is -0.121. The van der Waals surface area contributed by atoms with Crippen molar-refractivity contribution in [3.8, 4) is 5.75 Å². The first-order valence-electron chi connectivity index (χ1n) is 6.00. The standard InChI is InChI=1S/C13H16FNO3/c14-10-1-4-12(9(7-10)8-16)18-6-5-13(17)15-11-2-3-11/h1,4,7,11,16H,2-3,5-6,8H2,(H,15,17). The third-order valence-electron chi connectivity index (χ3n) is 2.72. The van der Waals surface area contributed by atoms with Crippen LogP contribution in [0.1, 0.15) is 24.8 Å². The first-order valence-corrected chi connectivity index (χ1v) is 6.00. The van der Waals surface area contributed by atoms with Crippen molar-refractivity contribution in [2.24, 2.45) is 0 Å². The molecule has 2 rings (SSSR count). The Hall–Kier alpha value is -1.62. The molecule has 2 N–H and O–H groups in total. The number of ether oxygens (including phenoxy) is 1. The smallest absolute Gasteiger partial charge is 0.223 e. The molecule has 1 aromatic rings. The highest BCUT2D eigenvalue weighted by Crippen LogP contribution is 2.20. The average molecular weight is 253 g/mol. The Bertz CT molecular complexity index is 432. The fraction of sp³-hybridized carbons (Fsp3) is 0.462. The predicted octanol–water partition coefficient (Wildman–Crippen LogP) is 1.37. The van der Waals surface area contributed by atoms with Gasteiger partial charge < -0.3 is 15.2 Å². The van der Waals surface area contributed by atoms with E-state index in [0.717, 1.165) is 12.8 Å². The molecule has 1 aliphatic rings. The maximum atomic E-state index is 12.9. The van der Waals surface area contributed by atoms with Crippen LogP contribution in [0.3, 0.4) is 0 Å². The monoisotopic (exact) mass is 253 g/mol. The molecule has 4 nitrogen and oxygen atoms in total. The third-order valence-corrected chi connectivity index (χ3v) is 2.72. The van der Waals surface area contributed by atoms with Crippen LogP contribution in [0.5, 0.6) is 5.75 Å². The Balaban J connectivity index is 1.79. The van der Waals surface area contributed by atoms with Crippen molar-refractivity contribution in [2.45, 2.75) is 31.9 Å². The summed E-state index contributed by atoms with van der Waals surface area (Å²) >= 11 is 0. The molecule has 5 heteroatoms. The van der Waals surface area contributed by atoms with E-state index in [0.29, 0.717) is 17.4 Å². The van der Waals surface area contributed by atoms with Crippen LogP contribution in [0.4, 0.5) is 4.39 Å². The Morgan fingerprint density at radius 1 is 1.50 bits per heavy atom. The van der Waals surface area contributed by atoms with E-state index in [1.807, 2.05) is 0 Å². The molecule has 0 spiro atoms. The normalized spacial score (nSPS) is 14.3. The quantitative estimate of drug-likeness (QED) is 0.805. The summed E-state index contributed by atoms with van der Waals surface area (Å²) in [5, 5.41) is 11.9. The van der Waals surface area contributed by atoms with Gasteiger partial charge in [0.25, 0.3) is 0 Å². The maximum Gasteiger partial charge on any atom is 0.223 e. The Labute approximate surface area is 105 Å². The molecule has 0 radical (unpaired) electrons. The minimum Gasteiger partial charge on any atom is -0.493 e. The van der Waals surface area contributed by atoms with Gasteiger partial charge >= 0.3 is 0 Å². The van der Waals surface area contributed by atoms with Gasteiger partial charge in [0.15, 0.2) is 0 Å². The predicted molar refractivity (Wildman–Crippen MR) is 63.6 cm³/mol. The lowest BCUT2D eigenvalue weighted by Gasteiger charge is -2.10. The maximum absolute atomic E-state index is 12.9. The Morgan fingerprint density at radius 3 is 2.94 bits per heavy atom. The number of carbonyl (C=O) groups is 1. The molecular weight excluding hydrogens is 237 g/mol. The number of carbonyl (C=O) groups excluding carboxylic acids is 1. The van der Waals surface area contributed by atoms with Crippen molar-refractivity contribution in [1.29, 1.82) is 0 Å². The average Bonchev–Trinajstić information content (AvgIpc) is 3.14. The lowest BCUT2D eigenvalue weighted by Crippen LogP contribution is -2.26. The number of benzene rings is 1. The minimum atomic E-state index is -0.419. The number of hydrogen-bond donors (Lipinski definition) is 2. The van der Waals surface area contributed by atoms with Crippen LogP contribution in [0, 0.1) is 5.82 Å². The molecule has 1 amide bonds. The molecule has 0 atom stereocenters. The van der Waals surface area contributed by atoms with E-state index >= 15 is 0 Å². The fourth-order valence-electron chi connectivity index (χ4n) is 1.59. The first-order chi connectivity index (χ1) is 8.69. The van der Waals surface area contributed by atoms with Crippen molar-refractivity contribution in [3.63, 3.8) is 0 Å². The highest BCUT2D eigenvalue weighted by molar-refractivity contribution is 5.76. The van der Waals surface area contributed by atoms with Crippen LogP contribution >= 0.6 is 0 Å². The Morgan fingerprint density at radius 2 is 2.28 bits per heavy atom. The number of amides is 1. The third kappa shape index (κ3) is 3.70. The summed E-state index contributed by atoms with van der Waals surface area (Å²) in [4.78, 5) is 11.4. The van der Waals surface area contributed by atoms with E-state index in [1.165, 1.54) is 18.2 Å². The number of halogens is 1. The van der Waals surface area contributed by atoms with Gasteiger partial charge in [-0.2, -0.15) is 0 Å². The number of hydrogen-bond acceptors (Lipinski definition) is 3. The molecular formula is C13H16FNO3. The molecule has 1 saturated carbocycles. The van der Waals surface area contributed by atoms with Gasteiger partial charge in [-0.15, -0.1) is 0 Å². The SMILES string of the molecule is O=C(CCOc1ccc(F)cc1CO)NC1CC1. The Kier molecular flexibility index (Phi) is 4.15. The second-order valence-electron chi connectivity index (χ2n) is 4.35. The fourth-order valence-corrected chi connectivity index (χ4v) is 1.59. The number of rotatable bonds is 6. The second kappa shape index (κ2) is 5.82. The summed E-state index contributed by atoms with van der Waals surface area (Å²) in [6.07, 6.45) is 2.37. The molecule has 98 valence electrons. The van der Waals surface area contributed by atoms with Gasteiger partial charge in [0, 0.05) is 11.6 Å². The van der Waals surface area contributed by atoms with E-state index in [9.17, 15) is 9.18 Å². The highest BCUT2D eigenvalue weighted by Gasteiger charge is 2.22. The largest absolute Gasteiger partial charge is 0.493 e. The zero-order chi connectivity index (χ0) is 13.0. The summed E-state index contributed by atoms with van der Waals surface area (Å²) < 4.78 is 18.3. The summed E-state index contributed by atoms with van der Waals surface area (Å²) in [5.74, 6) is -0.0406. The van der Waals surface area contributed by atoms with Crippen LogP contribution < -0.4 is 10.1 Å². The highest BCUT2D eigenvalue weighted by atomic mass is 19.1. The van der Waals surface area contributed by atoms with Crippen molar-refractivity contribution in [1.82, 2.24) is 5.32 Å². The van der Waals surface area contributed by atoms with Gasteiger partial charge in [-0.25, -0.2) is 4.39 Å². The summed E-state index contributed by atoms with van der Waals surface area (Å²) in [6.45, 7) is -0.0709. The van der Waals surface area contributed by atoms with Gasteiger partial charge in [0.2, 0.25) is 5.91 Å². The molecule has 1 aromatic carbocycles. The molecule has 1 aliphatic carbocycles. The molecule has 0 heterocycles. The van der Waals surface area contributed by atoms with Crippen molar-refractivity contribution < 1.29 is 19.0 Å². The van der Waals surface area contributed by atoms with Crippen molar-refractivity contribution in [3.05, 3.63) is 29.6 Å². The van der Waals surface area contributed by atoms with Gasteiger partial charge in [0.1, 0.15) is 11.6 Å². The lowest BCUT2D eigenvalue weighted by atomic mass is 10.2. The van der Waals surface area contributed by atoms with Gasteiger partial charge in [0.05, 0.1) is 19.6 Å². The summed E-state index contributed by atoms with van der Waals surface area (Å²) in [5.41, 5.74) is 0.387. The molecule has 1 fully saturated rings. The molecule has 0 unspecified atom stereocenters. The van der Waals surface area contributed by atoms with Crippen LogP contribution in [0.2, 0.25) is 0 Å². The number of aliphatic hydroxyl groups is 1. The van der Waals surface area contributed by atoms with Gasteiger partial charge in [-0.05, 0) is 31.0 Å². The van der Waals surface area contributed by atoms with E-state index < -0.39 is 5.82 Å². The molecule has 18 heavy (non-hydrogen) atoms. The van der Waals surface area contributed by atoms with Gasteiger partial charge in [-0.1, -0.05) is 0 Å². The van der Waals surface area contributed by atoms with Gasteiger partial charge in [-0.3, -0.25) is 4.79 Å². The molecule has 0 aromatic heterocycles. The second-order valence-corrected chi connectivity index (χ2v) is 4.35. The van der Waals surface area contributed by atoms with Crippen LogP contribution in [-0.2, 0) is 11.4 Å². The number of aliphatic hydroxyl groups excluding tert-OH is 1. The summed E-state index contributed by atoms with van der Waals surface area (Å²) in [7, 11) is 0. The van der Waals surface area contributed by atoms with Crippen LogP contribution in [0.25, 0.3) is 0 Å². The van der Waals surface area contributed by atoms with E-state index in [1.54, 1.807) is 0 Å². The minimum absolute atomic E-state index is 0.0369. The zero-order valence-corrected chi connectivity index (χ0v) is 9.99. The topological polar surface area (TPSA) is 58.6 Å². The van der Waals surface area contributed by atoms with Crippen molar-refractivity contribution >= 4 is 5.91 Å². The first kappa shape index (κ1) is 12.8. The zero-order valence-electron chi connectivity index (χ0n) is 9.99. The van der Waals surface area contributed by atoms with Crippen LogP contribution in [0.15, 0.2) is 18.2 Å². The van der Waals surface area contributed by atoms with E-state index in [4.69, 9.17) is 9.84 Å². The number of nitrogens with one attached hydrogen (secondary N) is 1. The summed E-state index contributed by atoms with van der Waals surface area (Å²) in [6, 6.07) is 4.29. The molecule has 0 aliphatic heterocycles. The van der Waals surface area contributed by atoms with Crippen LogP contribution in [-0.4, -0.2) is 23.7 Å². The molecule has 0 saturated heterocycles.